The molecule has 6 nitrogen and oxygen atoms in total. The van der Waals surface area contributed by atoms with Gasteiger partial charge in [0.15, 0.2) is 0 Å². The number of hydrogen-bond acceptors (Lipinski definition) is 4. The summed E-state index contributed by atoms with van der Waals surface area (Å²) in [7, 11) is 0. The van der Waals surface area contributed by atoms with Gasteiger partial charge in [-0.05, 0) is 26.7 Å². The summed E-state index contributed by atoms with van der Waals surface area (Å²) in [6.45, 7) is 4.74. The average molecular weight is 251 g/mol. The Morgan fingerprint density at radius 1 is 1.44 bits per heavy atom. The lowest BCUT2D eigenvalue weighted by atomic mass is 10.1. The first-order valence-corrected chi connectivity index (χ1v) is 6.07. The average Bonchev–Trinajstić information content (AvgIpc) is 2.34. The van der Waals surface area contributed by atoms with E-state index in [0.717, 1.165) is 18.4 Å². The van der Waals surface area contributed by atoms with Gasteiger partial charge in [-0.1, -0.05) is 0 Å². The first-order chi connectivity index (χ1) is 8.58. The molecular formula is C12H17N3O3. The van der Waals surface area contributed by atoms with Crippen LogP contribution in [0.15, 0.2) is 4.79 Å². The highest BCUT2D eigenvalue weighted by molar-refractivity contribution is 5.78. The van der Waals surface area contributed by atoms with E-state index in [0.29, 0.717) is 24.5 Å². The zero-order valence-electron chi connectivity index (χ0n) is 10.7. The fraction of sp³-hybridized carbons (Fsp3) is 0.583. The van der Waals surface area contributed by atoms with Crippen molar-refractivity contribution >= 4 is 5.91 Å². The summed E-state index contributed by atoms with van der Waals surface area (Å²) in [5.74, 6) is -0.0882. The van der Waals surface area contributed by atoms with Gasteiger partial charge in [0.1, 0.15) is 0 Å². The summed E-state index contributed by atoms with van der Waals surface area (Å²) in [6, 6.07) is 0. The number of hydroxylamine groups is 2. The zero-order chi connectivity index (χ0) is 13.1. The van der Waals surface area contributed by atoms with Crippen LogP contribution < -0.4 is 5.69 Å². The van der Waals surface area contributed by atoms with Gasteiger partial charge in [0.2, 0.25) is 0 Å². The largest absolute Gasteiger partial charge is 0.345 e. The number of nitrogens with one attached hydrogen (secondary N) is 1. The molecule has 0 radical (unpaired) electrons. The maximum Gasteiger partial charge on any atom is 0.345 e. The number of nitrogens with zero attached hydrogens (tertiary/aromatic N) is 2. The minimum Gasteiger partial charge on any atom is -0.310 e. The van der Waals surface area contributed by atoms with Gasteiger partial charge in [0.25, 0.3) is 5.91 Å². The van der Waals surface area contributed by atoms with E-state index in [1.807, 2.05) is 0 Å². The lowest BCUT2D eigenvalue weighted by Gasteiger charge is -2.26. The molecule has 0 aliphatic carbocycles. The van der Waals surface area contributed by atoms with Crippen LogP contribution in [0.2, 0.25) is 0 Å². The predicted octanol–water partition coefficient (Wildman–Crippen LogP) is 0.483. The van der Waals surface area contributed by atoms with Gasteiger partial charge < -0.3 is 4.98 Å². The van der Waals surface area contributed by atoms with E-state index < -0.39 is 0 Å². The Bertz CT molecular complexity index is 478. The molecule has 0 aromatic carbocycles. The molecule has 98 valence electrons. The monoisotopic (exact) mass is 251 g/mol. The van der Waals surface area contributed by atoms with Crippen LogP contribution in [0.3, 0.4) is 0 Å². The van der Waals surface area contributed by atoms with Crippen LogP contribution in [0.25, 0.3) is 0 Å². The molecule has 2 rings (SSSR count). The quantitative estimate of drug-likeness (QED) is 0.829. The van der Waals surface area contributed by atoms with Crippen LogP contribution >= 0.6 is 0 Å². The van der Waals surface area contributed by atoms with Gasteiger partial charge >= 0.3 is 5.69 Å². The lowest BCUT2D eigenvalue weighted by Crippen LogP contribution is -2.37. The van der Waals surface area contributed by atoms with Crippen molar-refractivity contribution in [3.05, 3.63) is 27.4 Å². The van der Waals surface area contributed by atoms with E-state index in [1.54, 1.807) is 13.8 Å². The van der Waals surface area contributed by atoms with Crippen molar-refractivity contribution in [1.82, 2.24) is 15.0 Å². The molecule has 6 heteroatoms. The fourth-order valence-electron chi connectivity index (χ4n) is 2.05. The Labute approximate surface area is 105 Å². The van der Waals surface area contributed by atoms with Crippen LogP contribution in [0.1, 0.15) is 29.8 Å². The molecule has 1 amide bonds. The zero-order valence-corrected chi connectivity index (χ0v) is 10.7. The maximum absolute atomic E-state index is 12.0. The van der Waals surface area contributed by atoms with Crippen molar-refractivity contribution in [2.45, 2.75) is 33.1 Å². The number of rotatable bonds is 2. The van der Waals surface area contributed by atoms with Crippen LogP contribution in [-0.2, 0) is 16.1 Å². The molecule has 1 saturated heterocycles. The summed E-state index contributed by atoms with van der Waals surface area (Å²) in [5.41, 5.74) is 1.68. The van der Waals surface area contributed by atoms with Gasteiger partial charge in [-0.2, -0.15) is 4.98 Å². The number of aryl methyl sites for hydroxylation is 2. The minimum atomic E-state index is -0.379. The predicted molar refractivity (Wildman–Crippen MR) is 64.9 cm³/mol. The molecule has 1 N–H and O–H groups in total. The number of hydrogen-bond donors (Lipinski definition) is 1. The van der Waals surface area contributed by atoms with E-state index in [9.17, 15) is 9.59 Å². The molecule has 0 atom stereocenters. The number of aromatic nitrogens is 2. The molecule has 18 heavy (non-hydrogen) atoms. The molecule has 1 aliphatic heterocycles. The molecule has 0 bridgehead atoms. The second-order valence-corrected chi connectivity index (χ2v) is 4.44. The molecular weight excluding hydrogens is 234 g/mol. The van der Waals surface area contributed by atoms with Crippen LogP contribution in [0, 0.1) is 13.8 Å². The molecule has 0 saturated carbocycles. The van der Waals surface area contributed by atoms with Crippen molar-refractivity contribution in [3.63, 3.8) is 0 Å². The second kappa shape index (κ2) is 5.30. The smallest absolute Gasteiger partial charge is 0.310 e. The summed E-state index contributed by atoms with van der Waals surface area (Å²) in [4.78, 5) is 34.9. The SMILES string of the molecule is Cc1nc(=O)[nH]c(C)c1CC(=O)N1CCCCO1. The topological polar surface area (TPSA) is 75.3 Å². The first-order valence-electron chi connectivity index (χ1n) is 6.07. The van der Waals surface area contributed by atoms with E-state index in [2.05, 4.69) is 9.97 Å². The number of carbonyl (C=O) groups is 1. The Hall–Kier alpha value is -1.69. The summed E-state index contributed by atoms with van der Waals surface area (Å²) < 4.78 is 0. The molecule has 1 aromatic heterocycles. The molecule has 2 heterocycles. The highest BCUT2D eigenvalue weighted by atomic mass is 16.7. The summed E-state index contributed by atoms with van der Waals surface area (Å²) in [5, 5.41) is 1.41. The summed E-state index contributed by atoms with van der Waals surface area (Å²) >= 11 is 0. The second-order valence-electron chi connectivity index (χ2n) is 4.44. The third-order valence-corrected chi connectivity index (χ3v) is 3.06. The van der Waals surface area contributed by atoms with E-state index in [1.165, 1.54) is 5.06 Å². The Kier molecular flexibility index (Phi) is 3.76. The molecule has 1 aliphatic rings. The van der Waals surface area contributed by atoms with Crippen molar-refractivity contribution < 1.29 is 9.63 Å². The van der Waals surface area contributed by atoms with Gasteiger partial charge in [0.05, 0.1) is 13.0 Å². The highest BCUT2D eigenvalue weighted by Gasteiger charge is 2.20. The van der Waals surface area contributed by atoms with Crippen LogP contribution in [0.5, 0.6) is 0 Å². The lowest BCUT2D eigenvalue weighted by molar-refractivity contribution is -0.196. The third kappa shape index (κ3) is 2.76. The van der Waals surface area contributed by atoms with E-state index in [4.69, 9.17) is 4.84 Å². The van der Waals surface area contributed by atoms with Crippen LogP contribution in [-0.4, -0.2) is 34.1 Å². The van der Waals surface area contributed by atoms with Gasteiger partial charge in [-0.15, -0.1) is 0 Å². The molecule has 1 aromatic rings. The van der Waals surface area contributed by atoms with Crippen molar-refractivity contribution in [2.24, 2.45) is 0 Å². The van der Waals surface area contributed by atoms with Gasteiger partial charge in [-0.3, -0.25) is 9.63 Å². The van der Waals surface area contributed by atoms with Crippen LogP contribution in [0.4, 0.5) is 0 Å². The minimum absolute atomic E-state index is 0.0882. The first kappa shape index (κ1) is 12.8. The molecule has 0 unspecified atom stereocenters. The molecule has 0 spiro atoms. The number of aromatic amines is 1. The summed E-state index contributed by atoms with van der Waals surface area (Å²) in [6.07, 6.45) is 2.16. The Morgan fingerprint density at radius 3 is 2.83 bits per heavy atom. The Morgan fingerprint density at radius 2 is 2.22 bits per heavy atom. The number of carbonyl (C=O) groups excluding carboxylic acids is 1. The normalized spacial score (nSPS) is 15.8. The molecule has 1 fully saturated rings. The Balaban J connectivity index is 2.13. The maximum atomic E-state index is 12.0. The third-order valence-electron chi connectivity index (χ3n) is 3.06. The van der Waals surface area contributed by atoms with E-state index >= 15 is 0 Å². The number of amides is 1. The standard InChI is InChI=1S/C12H17N3O3/c1-8-10(9(2)14-12(17)13-8)7-11(16)15-5-3-4-6-18-15/h3-7H2,1-2H3,(H,13,14,17). The highest BCUT2D eigenvalue weighted by Crippen LogP contribution is 2.12. The van der Waals surface area contributed by atoms with Gasteiger partial charge in [0, 0.05) is 23.5 Å². The van der Waals surface area contributed by atoms with Crippen molar-refractivity contribution in [2.75, 3.05) is 13.2 Å². The van der Waals surface area contributed by atoms with Crippen molar-refractivity contribution in [3.8, 4) is 0 Å². The van der Waals surface area contributed by atoms with Gasteiger partial charge in [-0.25, -0.2) is 9.86 Å². The van der Waals surface area contributed by atoms with Crippen molar-refractivity contribution in [1.29, 1.82) is 0 Å². The number of H-pyrrole nitrogens is 1. The fourth-order valence-corrected chi connectivity index (χ4v) is 2.05. The van der Waals surface area contributed by atoms with E-state index in [-0.39, 0.29) is 18.0 Å².